The zero-order valence-corrected chi connectivity index (χ0v) is 16.2. The highest BCUT2D eigenvalue weighted by atomic mass is 32.1. The van der Waals surface area contributed by atoms with Gasteiger partial charge in [0, 0.05) is 22.8 Å². The summed E-state index contributed by atoms with van der Waals surface area (Å²) in [6.45, 7) is 0. The minimum Gasteiger partial charge on any atom is -0.360 e. The van der Waals surface area contributed by atoms with Crippen LogP contribution in [0.3, 0.4) is 0 Å². The summed E-state index contributed by atoms with van der Waals surface area (Å²) in [4.78, 5) is 4.60. The molecule has 5 heteroatoms. The molecule has 0 aliphatic rings. The molecule has 1 heterocycles. The van der Waals surface area contributed by atoms with E-state index >= 15 is 0 Å². The molecule has 3 aromatic carbocycles. The fourth-order valence-electron chi connectivity index (χ4n) is 2.87. The second kappa shape index (κ2) is 8.51. The van der Waals surface area contributed by atoms with Crippen LogP contribution in [0.5, 0.6) is 0 Å². The van der Waals surface area contributed by atoms with Crippen LogP contribution in [-0.4, -0.2) is 4.98 Å². The fourth-order valence-corrected chi connectivity index (χ4v) is 3.66. The Balaban J connectivity index is 1.54. The SMILES string of the molecule is N#CC(=CNc1cccc(F)c1)c1nc(-c2ccc(-c3ccccc3)cc2)cs1. The highest BCUT2D eigenvalue weighted by Crippen LogP contribution is 2.28. The minimum atomic E-state index is -0.336. The van der Waals surface area contributed by atoms with Crippen molar-refractivity contribution in [1.29, 1.82) is 5.26 Å². The van der Waals surface area contributed by atoms with E-state index in [1.165, 1.54) is 23.5 Å². The third-order valence-electron chi connectivity index (χ3n) is 4.35. The molecule has 0 saturated carbocycles. The summed E-state index contributed by atoms with van der Waals surface area (Å²) in [6.07, 6.45) is 1.55. The van der Waals surface area contributed by atoms with E-state index in [0.29, 0.717) is 16.3 Å². The molecule has 0 fully saturated rings. The maximum Gasteiger partial charge on any atom is 0.136 e. The Bertz CT molecular complexity index is 1190. The van der Waals surface area contributed by atoms with Gasteiger partial charge >= 0.3 is 0 Å². The lowest BCUT2D eigenvalue weighted by atomic mass is 10.0. The van der Waals surface area contributed by atoms with Crippen molar-refractivity contribution in [2.75, 3.05) is 5.32 Å². The smallest absolute Gasteiger partial charge is 0.136 e. The van der Waals surface area contributed by atoms with Gasteiger partial charge in [0.2, 0.25) is 0 Å². The summed E-state index contributed by atoms with van der Waals surface area (Å²) in [5.41, 5.74) is 5.08. The summed E-state index contributed by atoms with van der Waals surface area (Å²) in [6, 6.07) is 26.6. The Morgan fingerprint density at radius 2 is 1.66 bits per heavy atom. The van der Waals surface area contributed by atoms with Crippen LogP contribution in [-0.2, 0) is 0 Å². The van der Waals surface area contributed by atoms with Gasteiger partial charge in [0.25, 0.3) is 0 Å². The molecule has 0 saturated heterocycles. The zero-order valence-electron chi connectivity index (χ0n) is 15.3. The summed E-state index contributed by atoms with van der Waals surface area (Å²) in [7, 11) is 0. The maximum absolute atomic E-state index is 13.3. The molecule has 0 aliphatic heterocycles. The second-order valence-electron chi connectivity index (χ2n) is 6.31. The largest absolute Gasteiger partial charge is 0.360 e. The number of hydrogen-bond acceptors (Lipinski definition) is 4. The standard InChI is InChI=1S/C24H16FN3S/c25-21-7-4-8-22(13-21)27-15-20(14-26)24-28-23(16-29-24)19-11-9-18(10-12-19)17-5-2-1-3-6-17/h1-13,15-16,27H. The molecule has 0 unspecified atom stereocenters. The highest BCUT2D eigenvalue weighted by Gasteiger charge is 2.09. The number of thiazole rings is 1. The van der Waals surface area contributed by atoms with Gasteiger partial charge in [-0.2, -0.15) is 5.26 Å². The molecule has 0 aliphatic carbocycles. The Hall–Kier alpha value is -3.75. The van der Waals surface area contributed by atoms with E-state index in [9.17, 15) is 9.65 Å². The minimum absolute atomic E-state index is 0.336. The Morgan fingerprint density at radius 1 is 0.931 bits per heavy atom. The van der Waals surface area contributed by atoms with Gasteiger partial charge in [0.05, 0.1) is 5.69 Å². The highest BCUT2D eigenvalue weighted by molar-refractivity contribution is 7.11. The van der Waals surface area contributed by atoms with E-state index < -0.39 is 0 Å². The molecule has 3 nitrogen and oxygen atoms in total. The first-order valence-electron chi connectivity index (χ1n) is 8.97. The van der Waals surface area contributed by atoms with Crippen molar-refractivity contribution in [2.24, 2.45) is 0 Å². The number of nitrogens with one attached hydrogen (secondary N) is 1. The first-order chi connectivity index (χ1) is 14.2. The van der Waals surface area contributed by atoms with Crippen molar-refractivity contribution in [3.8, 4) is 28.5 Å². The Labute approximate surface area is 172 Å². The normalized spacial score (nSPS) is 11.1. The predicted octanol–water partition coefficient (Wildman–Crippen LogP) is 6.59. The van der Waals surface area contributed by atoms with Gasteiger partial charge in [-0.05, 0) is 29.3 Å². The third-order valence-corrected chi connectivity index (χ3v) is 5.23. The summed E-state index contributed by atoms with van der Waals surface area (Å²) < 4.78 is 13.3. The molecular formula is C24H16FN3S. The summed E-state index contributed by atoms with van der Waals surface area (Å²) in [5.74, 6) is -0.336. The van der Waals surface area contributed by atoms with Crippen LogP contribution < -0.4 is 5.32 Å². The molecule has 0 radical (unpaired) electrons. The summed E-state index contributed by atoms with van der Waals surface area (Å²) >= 11 is 1.40. The van der Waals surface area contributed by atoms with Crippen LogP contribution in [0, 0.1) is 17.1 Å². The van der Waals surface area contributed by atoms with Gasteiger partial charge in [-0.15, -0.1) is 11.3 Å². The van der Waals surface area contributed by atoms with Crippen LogP contribution in [0.2, 0.25) is 0 Å². The molecule has 0 bridgehead atoms. The molecule has 4 rings (SSSR count). The quantitative estimate of drug-likeness (QED) is 0.386. The fraction of sp³-hybridized carbons (Fsp3) is 0. The van der Waals surface area contributed by atoms with Gasteiger partial charge in [-0.25, -0.2) is 9.37 Å². The molecule has 1 aromatic heterocycles. The zero-order chi connectivity index (χ0) is 20.1. The first kappa shape index (κ1) is 18.6. The number of benzene rings is 3. The van der Waals surface area contributed by atoms with E-state index in [2.05, 4.69) is 40.6 Å². The van der Waals surface area contributed by atoms with E-state index in [-0.39, 0.29) is 5.82 Å². The molecule has 0 atom stereocenters. The molecule has 1 N–H and O–H groups in total. The van der Waals surface area contributed by atoms with Crippen molar-refractivity contribution < 1.29 is 4.39 Å². The van der Waals surface area contributed by atoms with Crippen LogP contribution in [0.15, 0.2) is 90.4 Å². The van der Waals surface area contributed by atoms with Crippen LogP contribution >= 0.6 is 11.3 Å². The van der Waals surface area contributed by atoms with Crippen LogP contribution in [0.1, 0.15) is 5.01 Å². The third kappa shape index (κ3) is 4.40. The number of nitrogens with zero attached hydrogens (tertiary/aromatic N) is 2. The topological polar surface area (TPSA) is 48.7 Å². The summed E-state index contributed by atoms with van der Waals surface area (Å²) in [5, 5.41) is 15.0. The van der Waals surface area contributed by atoms with Gasteiger partial charge in [-0.3, -0.25) is 0 Å². The van der Waals surface area contributed by atoms with Gasteiger partial charge in [0.1, 0.15) is 22.5 Å². The van der Waals surface area contributed by atoms with E-state index in [0.717, 1.165) is 22.4 Å². The van der Waals surface area contributed by atoms with Gasteiger partial charge in [-0.1, -0.05) is 60.7 Å². The number of rotatable bonds is 5. The lowest BCUT2D eigenvalue weighted by Gasteiger charge is -2.03. The van der Waals surface area contributed by atoms with Crippen molar-refractivity contribution >= 4 is 22.6 Å². The average Bonchev–Trinajstić information content (AvgIpc) is 3.25. The van der Waals surface area contributed by atoms with Crippen molar-refractivity contribution in [1.82, 2.24) is 4.98 Å². The molecule has 0 amide bonds. The lowest BCUT2D eigenvalue weighted by molar-refractivity contribution is 0.628. The van der Waals surface area contributed by atoms with Gasteiger partial charge in [0.15, 0.2) is 0 Å². The maximum atomic E-state index is 13.3. The monoisotopic (exact) mass is 397 g/mol. The lowest BCUT2D eigenvalue weighted by Crippen LogP contribution is -1.91. The number of aromatic nitrogens is 1. The number of halogens is 1. The molecule has 0 spiro atoms. The van der Waals surface area contributed by atoms with E-state index in [4.69, 9.17) is 0 Å². The predicted molar refractivity (Wildman–Crippen MR) is 117 cm³/mol. The Kier molecular flexibility index (Phi) is 5.46. The van der Waals surface area contributed by atoms with E-state index in [1.807, 2.05) is 35.7 Å². The molecule has 4 aromatic rings. The number of nitriles is 1. The number of anilines is 1. The molecule has 140 valence electrons. The molecule has 29 heavy (non-hydrogen) atoms. The number of hydrogen-bond donors (Lipinski definition) is 1. The number of allylic oxidation sites excluding steroid dienone is 1. The van der Waals surface area contributed by atoms with Crippen LogP contribution in [0.4, 0.5) is 10.1 Å². The second-order valence-corrected chi connectivity index (χ2v) is 7.16. The Morgan fingerprint density at radius 3 is 2.38 bits per heavy atom. The van der Waals surface area contributed by atoms with E-state index in [1.54, 1.807) is 18.3 Å². The van der Waals surface area contributed by atoms with Crippen molar-refractivity contribution in [3.63, 3.8) is 0 Å². The van der Waals surface area contributed by atoms with Crippen molar-refractivity contribution in [2.45, 2.75) is 0 Å². The molecular weight excluding hydrogens is 381 g/mol. The first-order valence-corrected chi connectivity index (χ1v) is 9.85. The van der Waals surface area contributed by atoms with Crippen molar-refractivity contribution in [3.05, 3.63) is 101 Å². The van der Waals surface area contributed by atoms with Gasteiger partial charge < -0.3 is 5.32 Å². The average molecular weight is 397 g/mol. The van der Waals surface area contributed by atoms with Crippen LogP contribution in [0.25, 0.3) is 28.0 Å².